The van der Waals surface area contributed by atoms with Crippen molar-refractivity contribution in [2.24, 2.45) is 0 Å². The van der Waals surface area contributed by atoms with Crippen LogP contribution in [0, 0.1) is 13.8 Å². The van der Waals surface area contributed by atoms with Gasteiger partial charge in [0.2, 0.25) is 0 Å². The van der Waals surface area contributed by atoms with Crippen LogP contribution < -0.4 is 0 Å². The van der Waals surface area contributed by atoms with Crippen molar-refractivity contribution in [1.82, 2.24) is 0 Å². The zero-order valence-corrected chi connectivity index (χ0v) is 10.1. The molecular weight excluding hydrogens is 216 g/mol. The smallest absolute Gasteiger partial charge is 0.133 e. The van der Waals surface area contributed by atoms with Gasteiger partial charge in [-0.2, -0.15) is 0 Å². The number of rotatable bonds is 0. The Morgan fingerprint density at radius 2 is 1.69 bits per heavy atom. The maximum Gasteiger partial charge on any atom is 0.133 e. The molecule has 1 heterocycles. The summed E-state index contributed by atoms with van der Waals surface area (Å²) < 4.78 is 2.23. The van der Waals surface area contributed by atoms with Crippen LogP contribution >= 0.6 is 11.3 Å². The number of hydrogen-bond acceptors (Lipinski definition) is 2. The van der Waals surface area contributed by atoms with Crippen molar-refractivity contribution in [1.29, 1.82) is 0 Å². The average Bonchev–Trinajstić information content (AvgIpc) is 2.57. The van der Waals surface area contributed by atoms with Gasteiger partial charge in [-0.1, -0.05) is 11.6 Å². The molecule has 0 spiro atoms. The lowest BCUT2D eigenvalue weighted by atomic mass is 10.1. The molecule has 16 heavy (non-hydrogen) atoms. The standard InChI is InChI=1S/C14H12OS/c1-8-3-4-13-10(5-8)11-6-9(2)7-12(15)14(11)16-13/h3-7,15H,1-2H3. The van der Waals surface area contributed by atoms with E-state index in [0.717, 1.165) is 10.3 Å². The molecule has 3 aromatic rings. The Balaban J connectivity index is 2.57. The van der Waals surface area contributed by atoms with Gasteiger partial charge in [0, 0.05) is 15.5 Å². The van der Waals surface area contributed by atoms with Gasteiger partial charge < -0.3 is 5.11 Å². The number of phenols is 1. The topological polar surface area (TPSA) is 20.2 Å². The van der Waals surface area contributed by atoms with Crippen molar-refractivity contribution in [2.75, 3.05) is 0 Å². The van der Waals surface area contributed by atoms with Crippen LogP contribution in [-0.4, -0.2) is 5.11 Å². The molecule has 1 aromatic heterocycles. The molecule has 0 radical (unpaired) electrons. The van der Waals surface area contributed by atoms with E-state index < -0.39 is 0 Å². The number of phenolic OH excluding ortho intramolecular Hbond substituents is 1. The van der Waals surface area contributed by atoms with Crippen molar-refractivity contribution < 1.29 is 5.11 Å². The van der Waals surface area contributed by atoms with Gasteiger partial charge >= 0.3 is 0 Å². The first-order valence-electron chi connectivity index (χ1n) is 5.27. The second kappa shape index (κ2) is 3.22. The highest BCUT2D eigenvalue weighted by Crippen LogP contribution is 2.39. The molecule has 80 valence electrons. The van der Waals surface area contributed by atoms with Gasteiger partial charge in [-0.3, -0.25) is 0 Å². The van der Waals surface area contributed by atoms with Crippen LogP contribution in [0.3, 0.4) is 0 Å². The summed E-state index contributed by atoms with van der Waals surface area (Å²) in [4.78, 5) is 0. The van der Waals surface area contributed by atoms with Crippen LogP contribution in [0.1, 0.15) is 11.1 Å². The fraction of sp³-hybridized carbons (Fsp3) is 0.143. The Morgan fingerprint density at radius 3 is 2.50 bits per heavy atom. The molecule has 0 fully saturated rings. The lowest BCUT2D eigenvalue weighted by molar-refractivity contribution is 0.482. The molecule has 2 aromatic carbocycles. The number of aromatic hydroxyl groups is 1. The number of fused-ring (bicyclic) bond motifs is 3. The molecule has 0 aliphatic rings. The predicted molar refractivity (Wildman–Crippen MR) is 70.5 cm³/mol. The second-order valence-corrected chi connectivity index (χ2v) is 5.31. The van der Waals surface area contributed by atoms with Gasteiger partial charge in [0.25, 0.3) is 0 Å². The van der Waals surface area contributed by atoms with Crippen molar-refractivity contribution in [2.45, 2.75) is 13.8 Å². The maximum absolute atomic E-state index is 9.93. The van der Waals surface area contributed by atoms with Crippen molar-refractivity contribution >= 4 is 31.5 Å². The largest absolute Gasteiger partial charge is 0.506 e. The summed E-state index contributed by atoms with van der Waals surface area (Å²) in [6.45, 7) is 4.11. The second-order valence-electron chi connectivity index (χ2n) is 4.26. The van der Waals surface area contributed by atoms with E-state index in [1.54, 1.807) is 11.3 Å². The number of benzene rings is 2. The van der Waals surface area contributed by atoms with Crippen LogP contribution in [0.15, 0.2) is 30.3 Å². The zero-order chi connectivity index (χ0) is 11.3. The minimum Gasteiger partial charge on any atom is -0.506 e. The molecule has 1 nitrogen and oxygen atoms in total. The normalized spacial score (nSPS) is 11.4. The van der Waals surface area contributed by atoms with Crippen LogP contribution in [0.4, 0.5) is 0 Å². The molecule has 0 unspecified atom stereocenters. The highest BCUT2D eigenvalue weighted by Gasteiger charge is 2.09. The fourth-order valence-corrected chi connectivity index (χ4v) is 3.19. The summed E-state index contributed by atoms with van der Waals surface area (Å²) in [5, 5.41) is 12.3. The predicted octanol–water partition coefficient (Wildman–Crippen LogP) is 4.38. The quantitative estimate of drug-likeness (QED) is 0.605. The Morgan fingerprint density at radius 1 is 0.938 bits per heavy atom. The monoisotopic (exact) mass is 228 g/mol. The summed E-state index contributed by atoms with van der Waals surface area (Å²) in [7, 11) is 0. The molecule has 2 heteroatoms. The van der Waals surface area contributed by atoms with Gasteiger partial charge in [0.1, 0.15) is 5.75 Å². The molecule has 0 aliphatic carbocycles. The Hall–Kier alpha value is -1.54. The number of thiophene rings is 1. The summed E-state index contributed by atoms with van der Waals surface area (Å²) in [6, 6.07) is 10.4. The van der Waals surface area contributed by atoms with Gasteiger partial charge in [0.05, 0.1) is 4.70 Å². The lowest BCUT2D eigenvalue weighted by Gasteiger charge is -1.98. The fourth-order valence-electron chi connectivity index (χ4n) is 2.11. The third kappa shape index (κ3) is 1.30. The number of aryl methyl sites for hydroxylation is 2. The van der Waals surface area contributed by atoms with E-state index in [4.69, 9.17) is 0 Å². The van der Waals surface area contributed by atoms with Gasteiger partial charge in [0.15, 0.2) is 0 Å². The zero-order valence-electron chi connectivity index (χ0n) is 9.24. The molecule has 1 N–H and O–H groups in total. The molecule has 0 bridgehead atoms. The van der Waals surface area contributed by atoms with Gasteiger partial charge in [-0.05, 0) is 43.7 Å². The molecule has 0 amide bonds. The SMILES string of the molecule is Cc1ccc2sc3c(O)cc(C)cc3c2c1. The minimum absolute atomic E-state index is 0.397. The maximum atomic E-state index is 9.93. The third-order valence-corrected chi connectivity index (χ3v) is 4.06. The lowest BCUT2D eigenvalue weighted by Crippen LogP contribution is -1.74. The number of hydrogen-bond donors (Lipinski definition) is 1. The summed E-state index contributed by atoms with van der Waals surface area (Å²) in [5.74, 6) is 0.397. The first kappa shape index (κ1) is 9.67. The summed E-state index contributed by atoms with van der Waals surface area (Å²) in [6.07, 6.45) is 0. The molecule has 3 rings (SSSR count). The third-order valence-electron chi connectivity index (χ3n) is 2.85. The van der Waals surface area contributed by atoms with E-state index in [1.807, 2.05) is 13.0 Å². The molecule has 0 atom stereocenters. The highest BCUT2D eigenvalue weighted by molar-refractivity contribution is 7.26. The van der Waals surface area contributed by atoms with Crippen LogP contribution in [0.25, 0.3) is 20.2 Å². The van der Waals surface area contributed by atoms with Crippen LogP contribution in [-0.2, 0) is 0 Å². The average molecular weight is 228 g/mol. The van der Waals surface area contributed by atoms with Crippen molar-refractivity contribution in [3.63, 3.8) is 0 Å². The van der Waals surface area contributed by atoms with Crippen LogP contribution in [0.5, 0.6) is 5.75 Å². The summed E-state index contributed by atoms with van der Waals surface area (Å²) >= 11 is 1.66. The Labute approximate surface area is 98.0 Å². The van der Waals surface area contributed by atoms with Crippen molar-refractivity contribution in [3.05, 3.63) is 41.5 Å². The van der Waals surface area contributed by atoms with Crippen molar-refractivity contribution in [3.8, 4) is 5.75 Å². The van der Waals surface area contributed by atoms with Gasteiger partial charge in [-0.25, -0.2) is 0 Å². The van der Waals surface area contributed by atoms with Gasteiger partial charge in [-0.15, -0.1) is 11.3 Å². The Kier molecular flexibility index (Phi) is 1.95. The first-order valence-corrected chi connectivity index (χ1v) is 6.09. The van der Waals surface area contributed by atoms with E-state index in [1.165, 1.54) is 21.0 Å². The highest BCUT2D eigenvalue weighted by atomic mass is 32.1. The summed E-state index contributed by atoms with van der Waals surface area (Å²) in [5.41, 5.74) is 2.36. The molecule has 0 saturated carbocycles. The Bertz CT molecular complexity index is 695. The van der Waals surface area contributed by atoms with E-state index in [9.17, 15) is 5.11 Å². The minimum atomic E-state index is 0.397. The van der Waals surface area contributed by atoms with Crippen LogP contribution in [0.2, 0.25) is 0 Å². The molecule has 0 aliphatic heterocycles. The van der Waals surface area contributed by atoms with E-state index >= 15 is 0 Å². The van der Waals surface area contributed by atoms with E-state index in [-0.39, 0.29) is 0 Å². The first-order chi connectivity index (χ1) is 7.65. The molecule has 0 saturated heterocycles. The molecular formula is C14H12OS. The van der Waals surface area contributed by atoms with E-state index in [0.29, 0.717) is 5.75 Å². The van der Waals surface area contributed by atoms with E-state index in [2.05, 4.69) is 31.2 Å².